The molecule has 0 spiro atoms. The van der Waals surface area contributed by atoms with Gasteiger partial charge in [-0.3, -0.25) is 0 Å². The number of hydrogen-bond donors (Lipinski definition) is 0. The molecule has 1 aromatic heterocycles. The SMILES string of the molecule is [c]1cc2c3ccccc3oc2c2ccccc12. The van der Waals surface area contributed by atoms with E-state index in [1.165, 1.54) is 0 Å². The van der Waals surface area contributed by atoms with Crippen LogP contribution in [0.15, 0.2) is 59.0 Å². The third kappa shape index (κ3) is 1.14. The fraction of sp³-hybridized carbons (Fsp3) is 0. The second kappa shape index (κ2) is 3.11. The third-order valence-corrected chi connectivity index (χ3v) is 3.18. The summed E-state index contributed by atoms with van der Waals surface area (Å²) in [5.41, 5.74) is 1.90. The van der Waals surface area contributed by atoms with Gasteiger partial charge in [0, 0.05) is 16.2 Å². The summed E-state index contributed by atoms with van der Waals surface area (Å²) >= 11 is 0. The molecule has 1 radical (unpaired) electrons. The fourth-order valence-corrected chi connectivity index (χ4v) is 2.37. The fourth-order valence-electron chi connectivity index (χ4n) is 2.37. The van der Waals surface area contributed by atoms with Crippen LogP contribution in [-0.2, 0) is 0 Å². The van der Waals surface area contributed by atoms with Gasteiger partial charge in [0.05, 0.1) is 0 Å². The molecule has 1 nitrogen and oxygen atoms in total. The van der Waals surface area contributed by atoms with E-state index < -0.39 is 0 Å². The van der Waals surface area contributed by atoms with E-state index >= 15 is 0 Å². The van der Waals surface area contributed by atoms with E-state index in [9.17, 15) is 0 Å². The van der Waals surface area contributed by atoms with Gasteiger partial charge in [0.25, 0.3) is 0 Å². The van der Waals surface area contributed by atoms with E-state index in [4.69, 9.17) is 4.42 Å². The van der Waals surface area contributed by atoms with E-state index in [1.54, 1.807) is 0 Å². The number of hydrogen-bond acceptors (Lipinski definition) is 1. The van der Waals surface area contributed by atoms with Crippen molar-refractivity contribution < 1.29 is 4.42 Å². The number of para-hydroxylation sites is 1. The Hall–Kier alpha value is -2.28. The van der Waals surface area contributed by atoms with Gasteiger partial charge in [0.15, 0.2) is 0 Å². The second-order valence-corrected chi connectivity index (χ2v) is 4.18. The van der Waals surface area contributed by atoms with Gasteiger partial charge >= 0.3 is 0 Å². The molecule has 4 rings (SSSR count). The van der Waals surface area contributed by atoms with Crippen molar-refractivity contribution in [2.24, 2.45) is 0 Å². The maximum absolute atomic E-state index is 5.95. The Morgan fingerprint density at radius 3 is 2.47 bits per heavy atom. The third-order valence-electron chi connectivity index (χ3n) is 3.18. The Bertz CT molecular complexity index is 840. The lowest BCUT2D eigenvalue weighted by Gasteiger charge is -1.96. The van der Waals surface area contributed by atoms with Crippen LogP contribution in [-0.4, -0.2) is 0 Å². The quantitative estimate of drug-likeness (QED) is 0.421. The van der Waals surface area contributed by atoms with Gasteiger partial charge in [0.2, 0.25) is 0 Å². The Balaban J connectivity index is 2.34. The maximum atomic E-state index is 5.95. The molecule has 0 amide bonds. The molecule has 0 N–H and O–H groups in total. The van der Waals surface area contributed by atoms with Gasteiger partial charge in [-0.1, -0.05) is 42.5 Å². The average molecular weight is 217 g/mol. The Morgan fingerprint density at radius 1 is 0.765 bits per heavy atom. The Morgan fingerprint density at radius 2 is 1.53 bits per heavy atom. The van der Waals surface area contributed by atoms with Crippen LogP contribution >= 0.6 is 0 Å². The van der Waals surface area contributed by atoms with Gasteiger partial charge in [-0.25, -0.2) is 0 Å². The molecular formula is C16H9O. The minimum Gasteiger partial charge on any atom is -0.455 e. The lowest BCUT2D eigenvalue weighted by molar-refractivity contribution is 0.672. The monoisotopic (exact) mass is 217 g/mol. The predicted octanol–water partition coefficient (Wildman–Crippen LogP) is 4.54. The zero-order valence-corrected chi connectivity index (χ0v) is 9.10. The molecule has 17 heavy (non-hydrogen) atoms. The van der Waals surface area contributed by atoms with E-state index in [2.05, 4.69) is 24.3 Å². The van der Waals surface area contributed by atoms with Crippen molar-refractivity contribution in [2.45, 2.75) is 0 Å². The van der Waals surface area contributed by atoms with Gasteiger partial charge in [-0.05, 0) is 23.6 Å². The highest BCUT2D eigenvalue weighted by molar-refractivity contribution is 6.14. The topological polar surface area (TPSA) is 13.1 Å². The van der Waals surface area contributed by atoms with Gasteiger partial charge in [0.1, 0.15) is 11.2 Å². The van der Waals surface area contributed by atoms with Crippen LogP contribution in [0.5, 0.6) is 0 Å². The molecule has 0 aliphatic heterocycles. The van der Waals surface area contributed by atoms with Gasteiger partial charge < -0.3 is 4.42 Å². The first-order chi connectivity index (χ1) is 8.43. The molecule has 1 heteroatoms. The number of furan rings is 1. The summed E-state index contributed by atoms with van der Waals surface area (Å²) in [6.07, 6.45) is 0. The van der Waals surface area contributed by atoms with E-state index in [1.807, 2.05) is 36.4 Å². The summed E-state index contributed by atoms with van der Waals surface area (Å²) < 4.78 is 5.95. The Kier molecular flexibility index (Phi) is 1.61. The van der Waals surface area contributed by atoms with Crippen molar-refractivity contribution in [3.8, 4) is 0 Å². The van der Waals surface area contributed by atoms with Crippen molar-refractivity contribution in [1.29, 1.82) is 0 Å². The zero-order valence-electron chi connectivity index (χ0n) is 9.10. The highest BCUT2D eigenvalue weighted by Crippen LogP contribution is 2.33. The summed E-state index contributed by atoms with van der Waals surface area (Å²) in [6.45, 7) is 0. The molecule has 0 aliphatic carbocycles. The molecule has 1 heterocycles. The molecule has 0 fully saturated rings. The first-order valence-electron chi connectivity index (χ1n) is 5.64. The summed E-state index contributed by atoms with van der Waals surface area (Å²) in [6, 6.07) is 21.6. The van der Waals surface area contributed by atoms with Gasteiger partial charge in [-0.15, -0.1) is 0 Å². The largest absolute Gasteiger partial charge is 0.455 e. The summed E-state index contributed by atoms with van der Waals surface area (Å²) in [5.74, 6) is 0. The smallest absolute Gasteiger partial charge is 0.143 e. The van der Waals surface area contributed by atoms with E-state index in [0.717, 1.165) is 32.7 Å². The van der Waals surface area contributed by atoms with Crippen LogP contribution in [0.4, 0.5) is 0 Å². The van der Waals surface area contributed by atoms with Crippen molar-refractivity contribution in [3.63, 3.8) is 0 Å². The predicted molar refractivity (Wildman–Crippen MR) is 70.1 cm³/mol. The maximum Gasteiger partial charge on any atom is 0.143 e. The average Bonchev–Trinajstić information content (AvgIpc) is 2.78. The minimum atomic E-state index is 0.937. The highest BCUT2D eigenvalue weighted by atomic mass is 16.3. The van der Waals surface area contributed by atoms with Crippen LogP contribution in [0.1, 0.15) is 0 Å². The Labute approximate surface area is 98.3 Å². The van der Waals surface area contributed by atoms with Crippen LogP contribution in [0.2, 0.25) is 0 Å². The van der Waals surface area contributed by atoms with E-state index in [-0.39, 0.29) is 0 Å². The van der Waals surface area contributed by atoms with Crippen molar-refractivity contribution in [3.05, 3.63) is 60.7 Å². The highest BCUT2D eigenvalue weighted by Gasteiger charge is 2.08. The van der Waals surface area contributed by atoms with E-state index in [0.29, 0.717) is 0 Å². The number of benzene rings is 3. The molecule has 0 aliphatic rings. The lowest BCUT2D eigenvalue weighted by atomic mass is 10.1. The number of fused-ring (bicyclic) bond motifs is 5. The molecule has 0 unspecified atom stereocenters. The zero-order chi connectivity index (χ0) is 11.2. The van der Waals surface area contributed by atoms with Gasteiger partial charge in [-0.2, -0.15) is 0 Å². The van der Waals surface area contributed by atoms with Crippen molar-refractivity contribution in [1.82, 2.24) is 0 Å². The summed E-state index contributed by atoms with van der Waals surface area (Å²) in [7, 11) is 0. The molecule has 3 aromatic carbocycles. The normalized spacial score (nSPS) is 11.5. The van der Waals surface area contributed by atoms with Crippen molar-refractivity contribution in [2.75, 3.05) is 0 Å². The molecule has 0 atom stereocenters. The molecule has 0 saturated heterocycles. The van der Waals surface area contributed by atoms with Crippen LogP contribution in [0.25, 0.3) is 32.7 Å². The number of rotatable bonds is 0. The molecule has 0 saturated carbocycles. The van der Waals surface area contributed by atoms with Crippen LogP contribution < -0.4 is 0 Å². The molecule has 0 bridgehead atoms. The van der Waals surface area contributed by atoms with Crippen LogP contribution in [0, 0.1) is 6.07 Å². The van der Waals surface area contributed by atoms with Crippen molar-refractivity contribution >= 4 is 32.7 Å². The summed E-state index contributed by atoms with van der Waals surface area (Å²) in [4.78, 5) is 0. The first-order valence-corrected chi connectivity index (χ1v) is 5.64. The molecular weight excluding hydrogens is 208 g/mol. The molecule has 4 aromatic rings. The minimum absolute atomic E-state index is 0.937. The second-order valence-electron chi connectivity index (χ2n) is 4.18. The standard InChI is InChI=1S/C16H9O/c1-2-6-12-11(5-1)9-10-14-13-7-3-4-8-15(13)17-16(12)14/h1-8,10H. The lowest BCUT2D eigenvalue weighted by Crippen LogP contribution is -1.72. The summed E-state index contributed by atoms with van der Waals surface area (Å²) in [5, 5.41) is 4.52. The first kappa shape index (κ1) is 8.82. The van der Waals surface area contributed by atoms with Crippen LogP contribution in [0.3, 0.4) is 0 Å². The molecule has 79 valence electrons.